The molecule has 0 spiro atoms. The standard InChI is InChI=1S/C31H32ClF2N3O5/c32-24-13-7-12-23(18-24)31(33,34)27(21-10-5-2-6-11-21)42-30(41)37-26(16-20-8-3-1-4-9-20)29(40)36-25(19-38)17-22-14-15-35-28(22)39/h1-13,18,22,25-27,38H,14-17,19H2,(H,35,39)(H,36,40)(H,37,41)/t22-,25-,26-,27-/m0/s1. The molecule has 1 saturated heterocycles. The highest BCUT2D eigenvalue weighted by molar-refractivity contribution is 6.30. The fourth-order valence-electron chi connectivity index (χ4n) is 4.86. The molecule has 0 bridgehead atoms. The number of amides is 3. The summed E-state index contributed by atoms with van der Waals surface area (Å²) in [5.74, 6) is -4.86. The lowest BCUT2D eigenvalue weighted by Gasteiger charge is -2.29. The Labute approximate surface area is 247 Å². The van der Waals surface area contributed by atoms with Gasteiger partial charge in [0.1, 0.15) is 6.04 Å². The van der Waals surface area contributed by atoms with Crippen molar-refractivity contribution in [2.45, 2.75) is 43.4 Å². The molecule has 1 heterocycles. The Kier molecular flexibility index (Phi) is 10.5. The number of hydrogen-bond donors (Lipinski definition) is 4. The minimum Gasteiger partial charge on any atom is -0.434 e. The lowest BCUT2D eigenvalue weighted by atomic mass is 9.97. The van der Waals surface area contributed by atoms with Crippen molar-refractivity contribution in [3.8, 4) is 0 Å². The second kappa shape index (κ2) is 14.2. The summed E-state index contributed by atoms with van der Waals surface area (Å²) >= 11 is 5.97. The zero-order valence-electron chi connectivity index (χ0n) is 22.6. The number of benzene rings is 3. The zero-order chi connectivity index (χ0) is 30.1. The Bertz CT molecular complexity index is 1360. The van der Waals surface area contributed by atoms with E-state index in [1.165, 1.54) is 30.3 Å². The van der Waals surface area contributed by atoms with Gasteiger partial charge in [-0.3, -0.25) is 9.59 Å². The SMILES string of the molecule is O=C(N[C@@H](Cc1ccccc1)C(=O)N[C@H](CO)C[C@@H]1CCNC1=O)O[C@@H](c1ccccc1)C(F)(F)c1cccc(Cl)c1. The molecule has 0 unspecified atom stereocenters. The van der Waals surface area contributed by atoms with Crippen LogP contribution < -0.4 is 16.0 Å². The maximum absolute atomic E-state index is 15.8. The van der Waals surface area contributed by atoms with E-state index in [0.29, 0.717) is 18.5 Å². The molecular weight excluding hydrogens is 568 g/mol. The van der Waals surface area contributed by atoms with Crippen LogP contribution in [-0.2, 0) is 26.7 Å². The Morgan fingerprint density at radius 1 is 1.02 bits per heavy atom. The third-order valence-electron chi connectivity index (χ3n) is 7.06. The Morgan fingerprint density at radius 3 is 2.33 bits per heavy atom. The quantitative estimate of drug-likeness (QED) is 0.244. The van der Waals surface area contributed by atoms with E-state index in [1.807, 2.05) is 0 Å². The number of rotatable bonds is 12. The van der Waals surface area contributed by atoms with E-state index in [0.717, 1.165) is 6.07 Å². The van der Waals surface area contributed by atoms with Crippen LogP contribution in [0, 0.1) is 5.92 Å². The topological polar surface area (TPSA) is 117 Å². The molecule has 0 aromatic heterocycles. The monoisotopic (exact) mass is 599 g/mol. The molecule has 4 atom stereocenters. The minimum absolute atomic E-state index is 0.0184. The first-order valence-corrected chi connectivity index (χ1v) is 13.9. The summed E-state index contributed by atoms with van der Waals surface area (Å²) in [5, 5.41) is 17.8. The summed E-state index contributed by atoms with van der Waals surface area (Å²) in [4.78, 5) is 38.5. The highest BCUT2D eigenvalue weighted by Gasteiger charge is 2.46. The van der Waals surface area contributed by atoms with E-state index >= 15 is 8.78 Å². The van der Waals surface area contributed by atoms with Crippen LogP contribution in [-0.4, -0.2) is 48.2 Å². The summed E-state index contributed by atoms with van der Waals surface area (Å²) in [6, 6.07) is 19.5. The molecule has 0 saturated carbocycles. The number of aliphatic hydroxyl groups is 1. The summed E-state index contributed by atoms with van der Waals surface area (Å²) in [7, 11) is 0. The molecule has 3 amide bonds. The van der Waals surface area contributed by atoms with Crippen LogP contribution in [0.4, 0.5) is 13.6 Å². The largest absolute Gasteiger partial charge is 0.434 e. The maximum Gasteiger partial charge on any atom is 0.408 e. The van der Waals surface area contributed by atoms with Gasteiger partial charge in [0.15, 0.2) is 6.10 Å². The first-order chi connectivity index (χ1) is 20.2. The number of nitrogens with one attached hydrogen (secondary N) is 3. The van der Waals surface area contributed by atoms with Gasteiger partial charge in [0.2, 0.25) is 11.8 Å². The van der Waals surface area contributed by atoms with Crippen molar-refractivity contribution in [2.24, 2.45) is 5.92 Å². The predicted molar refractivity (Wildman–Crippen MR) is 153 cm³/mol. The molecule has 1 aliphatic rings. The van der Waals surface area contributed by atoms with Crippen LogP contribution in [0.3, 0.4) is 0 Å². The molecule has 0 radical (unpaired) electrons. The van der Waals surface area contributed by atoms with Gasteiger partial charge in [-0.05, 0) is 36.1 Å². The average molecular weight is 600 g/mol. The normalized spacial score (nSPS) is 17.0. The Balaban J connectivity index is 1.54. The number of alkyl carbamates (subject to hydrolysis) is 1. The van der Waals surface area contributed by atoms with Crippen LogP contribution >= 0.6 is 11.6 Å². The van der Waals surface area contributed by atoms with Gasteiger partial charge in [-0.15, -0.1) is 0 Å². The Morgan fingerprint density at radius 2 is 1.71 bits per heavy atom. The van der Waals surface area contributed by atoms with Crippen LogP contribution in [0.2, 0.25) is 5.02 Å². The van der Waals surface area contributed by atoms with Gasteiger partial charge >= 0.3 is 12.0 Å². The molecule has 4 N–H and O–H groups in total. The lowest BCUT2D eigenvalue weighted by Crippen LogP contribution is -2.52. The zero-order valence-corrected chi connectivity index (χ0v) is 23.4. The highest BCUT2D eigenvalue weighted by Crippen LogP contribution is 2.43. The average Bonchev–Trinajstić information content (AvgIpc) is 3.39. The smallest absolute Gasteiger partial charge is 0.408 e. The number of carbonyl (C=O) groups is 3. The minimum atomic E-state index is -3.68. The van der Waals surface area contributed by atoms with Gasteiger partial charge in [-0.1, -0.05) is 84.4 Å². The van der Waals surface area contributed by atoms with Crippen LogP contribution in [0.25, 0.3) is 0 Å². The number of hydrogen-bond acceptors (Lipinski definition) is 5. The van der Waals surface area contributed by atoms with Crippen LogP contribution in [0.1, 0.15) is 35.6 Å². The van der Waals surface area contributed by atoms with Crippen molar-refractivity contribution in [2.75, 3.05) is 13.2 Å². The van der Waals surface area contributed by atoms with Crippen molar-refractivity contribution in [3.05, 3.63) is 107 Å². The third-order valence-corrected chi connectivity index (χ3v) is 7.29. The van der Waals surface area contributed by atoms with Gasteiger partial charge in [0.25, 0.3) is 0 Å². The number of carbonyl (C=O) groups excluding carboxylic acids is 3. The van der Waals surface area contributed by atoms with Gasteiger partial charge in [-0.2, -0.15) is 8.78 Å². The molecular formula is C31H32ClF2N3O5. The fourth-order valence-corrected chi connectivity index (χ4v) is 5.05. The van der Waals surface area contributed by atoms with Gasteiger partial charge in [-0.25, -0.2) is 4.79 Å². The molecule has 222 valence electrons. The molecule has 3 aromatic carbocycles. The van der Waals surface area contributed by atoms with E-state index < -0.39 is 48.3 Å². The maximum atomic E-state index is 15.8. The third kappa shape index (κ3) is 8.04. The van der Waals surface area contributed by atoms with Crippen molar-refractivity contribution in [1.29, 1.82) is 0 Å². The Hall–Kier alpha value is -4.02. The van der Waals surface area contributed by atoms with Crippen LogP contribution in [0.5, 0.6) is 0 Å². The lowest BCUT2D eigenvalue weighted by molar-refractivity contribution is -0.127. The molecule has 8 nitrogen and oxygen atoms in total. The van der Waals surface area contributed by atoms with E-state index in [4.69, 9.17) is 16.3 Å². The van der Waals surface area contributed by atoms with Crippen molar-refractivity contribution < 1.29 is 33.0 Å². The number of aliphatic hydroxyl groups excluding tert-OH is 1. The number of alkyl halides is 2. The van der Waals surface area contributed by atoms with Gasteiger partial charge in [0, 0.05) is 29.5 Å². The molecule has 11 heteroatoms. The highest BCUT2D eigenvalue weighted by atomic mass is 35.5. The van der Waals surface area contributed by atoms with E-state index in [1.54, 1.807) is 48.5 Å². The molecule has 4 rings (SSSR count). The van der Waals surface area contributed by atoms with Crippen LogP contribution in [0.15, 0.2) is 84.9 Å². The number of ether oxygens (including phenoxy) is 1. The van der Waals surface area contributed by atoms with E-state index in [2.05, 4.69) is 16.0 Å². The second-order valence-corrected chi connectivity index (χ2v) is 10.6. The second-order valence-electron chi connectivity index (χ2n) is 10.1. The van der Waals surface area contributed by atoms with E-state index in [9.17, 15) is 19.5 Å². The van der Waals surface area contributed by atoms with E-state index in [-0.39, 0.29) is 35.3 Å². The van der Waals surface area contributed by atoms with Crippen molar-refractivity contribution in [1.82, 2.24) is 16.0 Å². The molecule has 1 fully saturated rings. The van der Waals surface area contributed by atoms with Gasteiger partial charge in [0.05, 0.1) is 12.6 Å². The summed E-state index contributed by atoms with van der Waals surface area (Å²) in [6.45, 7) is 0.0853. The molecule has 1 aliphatic heterocycles. The van der Waals surface area contributed by atoms with Crippen molar-refractivity contribution in [3.63, 3.8) is 0 Å². The molecule has 42 heavy (non-hydrogen) atoms. The fraction of sp³-hybridized carbons (Fsp3) is 0.323. The number of halogens is 3. The molecule has 0 aliphatic carbocycles. The summed E-state index contributed by atoms with van der Waals surface area (Å²) in [5.41, 5.74) is 0.284. The van der Waals surface area contributed by atoms with Gasteiger partial charge < -0.3 is 25.8 Å². The first kappa shape index (κ1) is 30.9. The molecule has 3 aromatic rings. The summed E-state index contributed by atoms with van der Waals surface area (Å²) < 4.78 is 37.0. The first-order valence-electron chi connectivity index (χ1n) is 13.6. The summed E-state index contributed by atoms with van der Waals surface area (Å²) in [6.07, 6.45) is -2.48. The predicted octanol–water partition coefficient (Wildman–Crippen LogP) is 4.51. The van der Waals surface area contributed by atoms with Crippen molar-refractivity contribution >= 4 is 29.5 Å².